The van der Waals surface area contributed by atoms with Gasteiger partial charge in [0, 0.05) is 24.4 Å². The third-order valence-electron chi connectivity index (χ3n) is 3.66. The summed E-state index contributed by atoms with van der Waals surface area (Å²) >= 11 is 0. The van der Waals surface area contributed by atoms with Gasteiger partial charge < -0.3 is 11.1 Å². The molecule has 0 aromatic heterocycles. The van der Waals surface area contributed by atoms with Crippen molar-refractivity contribution in [1.29, 1.82) is 0 Å². The van der Waals surface area contributed by atoms with Crippen molar-refractivity contribution in [2.45, 2.75) is 48.9 Å². The van der Waals surface area contributed by atoms with E-state index in [1.54, 1.807) is 0 Å². The fourth-order valence-electron chi connectivity index (χ4n) is 2.76. The van der Waals surface area contributed by atoms with Gasteiger partial charge in [0.2, 0.25) is 0 Å². The summed E-state index contributed by atoms with van der Waals surface area (Å²) in [6.07, 6.45) is 6.29. The molecule has 4 nitrogen and oxygen atoms in total. The molecular weight excluding hydrogens is 212 g/mol. The Labute approximate surface area is 91.5 Å². The molecule has 88 valence electrons. The second-order valence-corrected chi connectivity index (χ2v) is 7.22. The first-order chi connectivity index (χ1) is 6.98. The largest absolute Gasteiger partial charge is 0.329 e. The van der Waals surface area contributed by atoms with Crippen LogP contribution in [0.3, 0.4) is 0 Å². The molecule has 2 saturated carbocycles. The summed E-state index contributed by atoms with van der Waals surface area (Å²) in [5.41, 5.74) is 5.47. The molecule has 0 aliphatic heterocycles. The number of hydrogen-bond acceptors (Lipinski definition) is 4. The van der Waals surface area contributed by atoms with E-state index in [1.807, 2.05) is 0 Å². The molecule has 15 heavy (non-hydrogen) atoms. The normalized spacial score (nSPS) is 37.1. The summed E-state index contributed by atoms with van der Waals surface area (Å²) in [6.45, 7) is 0.432. The van der Waals surface area contributed by atoms with Crippen LogP contribution in [-0.2, 0) is 9.84 Å². The van der Waals surface area contributed by atoms with Crippen LogP contribution in [0.5, 0.6) is 0 Å². The minimum atomic E-state index is -2.98. The van der Waals surface area contributed by atoms with Gasteiger partial charge in [-0.25, -0.2) is 8.42 Å². The van der Waals surface area contributed by atoms with Crippen LogP contribution in [0.2, 0.25) is 0 Å². The van der Waals surface area contributed by atoms with Gasteiger partial charge in [-0.15, -0.1) is 0 Å². The molecule has 0 aromatic carbocycles. The van der Waals surface area contributed by atoms with Crippen LogP contribution in [0.15, 0.2) is 0 Å². The van der Waals surface area contributed by atoms with Gasteiger partial charge in [0.05, 0.1) is 5.25 Å². The lowest BCUT2D eigenvalue weighted by Crippen LogP contribution is -2.59. The monoisotopic (exact) mass is 232 g/mol. The van der Waals surface area contributed by atoms with Gasteiger partial charge in [-0.1, -0.05) is 6.42 Å². The van der Waals surface area contributed by atoms with E-state index in [0.29, 0.717) is 12.6 Å². The zero-order valence-corrected chi connectivity index (χ0v) is 10.0. The smallest absolute Gasteiger partial charge is 0.152 e. The molecule has 0 saturated heterocycles. The molecule has 5 heteroatoms. The van der Waals surface area contributed by atoms with Gasteiger partial charge in [0.15, 0.2) is 9.84 Å². The van der Waals surface area contributed by atoms with E-state index in [9.17, 15) is 8.42 Å². The highest BCUT2D eigenvalue weighted by Crippen LogP contribution is 2.37. The summed E-state index contributed by atoms with van der Waals surface area (Å²) in [5, 5.41) is 3.19. The second-order valence-electron chi connectivity index (χ2n) is 4.99. The summed E-state index contributed by atoms with van der Waals surface area (Å²) in [6, 6.07) is 0.510. The molecule has 0 radical (unpaired) electrons. The van der Waals surface area contributed by atoms with Gasteiger partial charge in [-0.05, 0) is 25.7 Å². The lowest BCUT2D eigenvalue weighted by atomic mass is 9.97. The van der Waals surface area contributed by atoms with Crippen molar-refractivity contribution in [2.24, 2.45) is 5.73 Å². The SMILES string of the molecule is CS(=O)(=O)C1CCCC1(CN)NC1CC1. The number of rotatable bonds is 4. The topological polar surface area (TPSA) is 72.2 Å². The molecule has 2 unspecified atom stereocenters. The van der Waals surface area contributed by atoms with Crippen LogP contribution >= 0.6 is 0 Å². The van der Waals surface area contributed by atoms with Crippen LogP contribution in [0.4, 0.5) is 0 Å². The number of sulfone groups is 1. The maximum absolute atomic E-state index is 11.7. The second kappa shape index (κ2) is 3.71. The Hall–Kier alpha value is -0.130. The zero-order valence-electron chi connectivity index (χ0n) is 9.20. The van der Waals surface area contributed by atoms with E-state index in [1.165, 1.54) is 6.26 Å². The predicted molar refractivity (Wildman–Crippen MR) is 60.4 cm³/mol. The fourth-order valence-corrected chi connectivity index (χ4v) is 4.45. The van der Waals surface area contributed by atoms with E-state index in [2.05, 4.69) is 5.32 Å². The minimum Gasteiger partial charge on any atom is -0.329 e. The molecule has 2 aliphatic carbocycles. The zero-order chi connectivity index (χ0) is 11.1. The van der Waals surface area contributed by atoms with Crippen LogP contribution in [0, 0.1) is 0 Å². The standard InChI is InChI=1S/C10H20N2O2S/c1-15(13,14)9-3-2-6-10(9,7-11)12-8-4-5-8/h8-9,12H,2-7,11H2,1H3. The minimum absolute atomic E-state index is 0.282. The van der Waals surface area contributed by atoms with Crippen molar-refractivity contribution in [3.8, 4) is 0 Å². The summed E-state index contributed by atoms with van der Waals surface area (Å²) in [7, 11) is -2.98. The highest BCUT2D eigenvalue weighted by molar-refractivity contribution is 7.91. The van der Waals surface area contributed by atoms with Crippen molar-refractivity contribution in [1.82, 2.24) is 5.32 Å². The van der Waals surface area contributed by atoms with Crippen molar-refractivity contribution in [2.75, 3.05) is 12.8 Å². The average Bonchev–Trinajstić information content (AvgIpc) is 2.81. The van der Waals surface area contributed by atoms with Gasteiger partial charge in [0.25, 0.3) is 0 Å². The highest BCUT2D eigenvalue weighted by atomic mass is 32.2. The first-order valence-corrected chi connectivity index (χ1v) is 7.60. The Morgan fingerprint density at radius 1 is 1.40 bits per heavy atom. The van der Waals surface area contributed by atoms with Crippen LogP contribution in [0.1, 0.15) is 32.1 Å². The van der Waals surface area contributed by atoms with Gasteiger partial charge in [0.1, 0.15) is 0 Å². The Morgan fingerprint density at radius 2 is 2.07 bits per heavy atom. The van der Waals surface area contributed by atoms with Crippen molar-refractivity contribution in [3.63, 3.8) is 0 Å². The van der Waals surface area contributed by atoms with E-state index < -0.39 is 9.84 Å². The summed E-state index contributed by atoms with van der Waals surface area (Å²) < 4.78 is 23.4. The molecule has 0 bridgehead atoms. The third-order valence-corrected chi connectivity index (χ3v) is 5.38. The molecule has 2 atom stereocenters. The fraction of sp³-hybridized carbons (Fsp3) is 1.00. The molecule has 0 aromatic rings. The van der Waals surface area contributed by atoms with E-state index in [0.717, 1.165) is 32.1 Å². The van der Waals surface area contributed by atoms with E-state index in [-0.39, 0.29) is 10.8 Å². The third kappa shape index (κ3) is 2.19. The summed E-state index contributed by atoms with van der Waals surface area (Å²) in [5.74, 6) is 0. The van der Waals surface area contributed by atoms with Gasteiger partial charge in [-0.2, -0.15) is 0 Å². The molecule has 2 fully saturated rings. The van der Waals surface area contributed by atoms with Gasteiger partial charge >= 0.3 is 0 Å². The number of nitrogens with two attached hydrogens (primary N) is 1. The van der Waals surface area contributed by atoms with E-state index >= 15 is 0 Å². The van der Waals surface area contributed by atoms with Crippen LogP contribution < -0.4 is 11.1 Å². The Kier molecular flexibility index (Phi) is 2.81. The molecule has 3 N–H and O–H groups in total. The maximum atomic E-state index is 11.7. The molecular formula is C10H20N2O2S. The Bertz CT molecular complexity index is 337. The predicted octanol–water partition coefficient (Wildman–Crippen LogP) is 0.0330. The molecule has 0 spiro atoms. The van der Waals surface area contributed by atoms with Crippen LogP contribution in [-0.4, -0.2) is 38.0 Å². The Morgan fingerprint density at radius 3 is 2.53 bits per heavy atom. The quantitative estimate of drug-likeness (QED) is 0.717. The first-order valence-electron chi connectivity index (χ1n) is 5.64. The lowest BCUT2D eigenvalue weighted by Gasteiger charge is -2.34. The van der Waals surface area contributed by atoms with Crippen molar-refractivity contribution >= 4 is 9.84 Å². The number of nitrogens with one attached hydrogen (secondary N) is 1. The van der Waals surface area contributed by atoms with Crippen molar-refractivity contribution < 1.29 is 8.42 Å². The Balaban J connectivity index is 2.21. The molecule has 0 amide bonds. The molecule has 0 heterocycles. The maximum Gasteiger partial charge on any atom is 0.152 e. The van der Waals surface area contributed by atoms with Crippen molar-refractivity contribution in [3.05, 3.63) is 0 Å². The highest BCUT2D eigenvalue weighted by Gasteiger charge is 2.49. The number of hydrogen-bond donors (Lipinski definition) is 2. The molecule has 2 aliphatic rings. The molecule has 2 rings (SSSR count). The van der Waals surface area contributed by atoms with Crippen LogP contribution in [0.25, 0.3) is 0 Å². The first kappa shape index (κ1) is 11.4. The average molecular weight is 232 g/mol. The lowest BCUT2D eigenvalue weighted by molar-refractivity contribution is 0.337. The van der Waals surface area contributed by atoms with Gasteiger partial charge in [-0.3, -0.25) is 0 Å². The van der Waals surface area contributed by atoms with E-state index in [4.69, 9.17) is 5.73 Å². The summed E-state index contributed by atoms with van der Waals surface area (Å²) in [4.78, 5) is 0.